The summed E-state index contributed by atoms with van der Waals surface area (Å²) in [4.78, 5) is 17.5. The molecule has 5 heteroatoms. The van der Waals surface area contributed by atoms with Gasteiger partial charge in [0.25, 0.3) is 0 Å². The third kappa shape index (κ3) is 2.29. The molecule has 0 bridgehead atoms. The monoisotopic (exact) mass is 223 g/mol. The van der Waals surface area contributed by atoms with Gasteiger partial charge < -0.3 is 4.52 Å². The fourth-order valence-corrected chi connectivity index (χ4v) is 2.18. The quantitative estimate of drug-likeness (QED) is 0.771. The molecule has 16 heavy (non-hydrogen) atoms. The Morgan fingerprint density at radius 1 is 1.62 bits per heavy atom. The Balaban J connectivity index is 2.09. The number of hydrogen-bond donors (Lipinski definition) is 0. The lowest BCUT2D eigenvalue weighted by atomic mass is 10.2. The van der Waals surface area contributed by atoms with Gasteiger partial charge in [-0.3, -0.25) is 9.69 Å². The minimum atomic E-state index is 0.0612. The van der Waals surface area contributed by atoms with Crippen molar-refractivity contribution in [2.45, 2.75) is 39.2 Å². The summed E-state index contributed by atoms with van der Waals surface area (Å²) in [5.41, 5.74) is 0. The first-order valence-electron chi connectivity index (χ1n) is 5.76. The van der Waals surface area contributed by atoms with Crippen LogP contribution < -0.4 is 0 Å². The highest BCUT2D eigenvalue weighted by Gasteiger charge is 2.29. The van der Waals surface area contributed by atoms with Crippen LogP contribution in [-0.4, -0.2) is 33.9 Å². The van der Waals surface area contributed by atoms with E-state index in [2.05, 4.69) is 22.0 Å². The van der Waals surface area contributed by atoms with Crippen LogP contribution in [0.3, 0.4) is 0 Å². The van der Waals surface area contributed by atoms with Crippen molar-refractivity contribution < 1.29 is 9.32 Å². The van der Waals surface area contributed by atoms with Crippen molar-refractivity contribution >= 4 is 5.78 Å². The molecular weight excluding hydrogens is 206 g/mol. The Morgan fingerprint density at radius 2 is 2.44 bits per heavy atom. The van der Waals surface area contributed by atoms with E-state index in [9.17, 15) is 4.79 Å². The van der Waals surface area contributed by atoms with E-state index in [1.165, 1.54) is 13.3 Å². The first-order valence-corrected chi connectivity index (χ1v) is 5.76. The minimum Gasteiger partial charge on any atom is -0.338 e. The smallest absolute Gasteiger partial charge is 0.244 e. The lowest BCUT2D eigenvalue weighted by molar-refractivity contribution is -0.116. The highest BCUT2D eigenvalue weighted by molar-refractivity contribution is 5.77. The number of ketones is 1. The van der Waals surface area contributed by atoms with Crippen molar-refractivity contribution in [1.29, 1.82) is 0 Å². The number of aromatic nitrogens is 2. The van der Waals surface area contributed by atoms with E-state index in [4.69, 9.17) is 4.52 Å². The van der Waals surface area contributed by atoms with Crippen LogP contribution >= 0.6 is 0 Å². The second-order valence-corrected chi connectivity index (χ2v) is 4.21. The van der Waals surface area contributed by atoms with Gasteiger partial charge in [-0.2, -0.15) is 4.98 Å². The third-order valence-corrected chi connectivity index (χ3v) is 2.95. The van der Waals surface area contributed by atoms with Crippen molar-refractivity contribution in [3.63, 3.8) is 0 Å². The Bertz CT molecular complexity index is 375. The van der Waals surface area contributed by atoms with E-state index in [-0.39, 0.29) is 18.2 Å². The van der Waals surface area contributed by atoms with Crippen molar-refractivity contribution in [3.05, 3.63) is 11.7 Å². The van der Waals surface area contributed by atoms with Crippen molar-refractivity contribution in [2.24, 2.45) is 0 Å². The molecule has 0 spiro atoms. The van der Waals surface area contributed by atoms with Gasteiger partial charge in [-0.05, 0) is 32.9 Å². The molecule has 1 unspecified atom stereocenters. The summed E-state index contributed by atoms with van der Waals surface area (Å²) >= 11 is 0. The lowest BCUT2D eigenvalue weighted by Gasteiger charge is -2.18. The van der Waals surface area contributed by atoms with Gasteiger partial charge in [-0.1, -0.05) is 12.1 Å². The molecule has 0 aromatic carbocycles. The molecule has 1 fully saturated rings. The Morgan fingerprint density at radius 3 is 3.12 bits per heavy atom. The lowest BCUT2D eigenvalue weighted by Crippen LogP contribution is -2.22. The summed E-state index contributed by atoms with van der Waals surface area (Å²) < 4.78 is 5.23. The summed E-state index contributed by atoms with van der Waals surface area (Å²) in [6, 6.07) is 0.248. The Hall–Kier alpha value is -1.23. The van der Waals surface area contributed by atoms with Gasteiger partial charge in [0, 0.05) is 0 Å². The number of Topliss-reactive ketones (excluding diaryl/α,β-unsaturated/α-hetero) is 1. The van der Waals surface area contributed by atoms with Gasteiger partial charge in [0.1, 0.15) is 5.78 Å². The zero-order chi connectivity index (χ0) is 11.5. The van der Waals surface area contributed by atoms with Crippen molar-refractivity contribution in [3.8, 4) is 0 Å². The molecule has 0 radical (unpaired) electrons. The second kappa shape index (κ2) is 4.74. The number of hydrogen-bond acceptors (Lipinski definition) is 5. The zero-order valence-corrected chi connectivity index (χ0v) is 9.77. The maximum Gasteiger partial charge on any atom is 0.244 e. The van der Waals surface area contributed by atoms with Crippen LogP contribution in [-0.2, 0) is 11.2 Å². The van der Waals surface area contributed by atoms with Crippen molar-refractivity contribution in [2.75, 3.05) is 13.1 Å². The predicted molar refractivity (Wildman–Crippen MR) is 57.9 cm³/mol. The number of likely N-dealkylation sites (tertiary alicyclic amines) is 1. The molecule has 88 valence electrons. The molecule has 0 saturated carbocycles. The molecule has 1 atom stereocenters. The molecule has 2 heterocycles. The zero-order valence-electron chi connectivity index (χ0n) is 9.77. The highest BCUT2D eigenvalue weighted by atomic mass is 16.5. The van der Waals surface area contributed by atoms with E-state index < -0.39 is 0 Å². The maximum atomic E-state index is 10.9. The third-order valence-electron chi connectivity index (χ3n) is 2.95. The predicted octanol–water partition coefficient (Wildman–Crippen LogP) is 1.36. The first kappa shape index (κ1) is 11.3. The molecule has 1 aliphatic heterocycles. The standard InChI is InChI=1S/C11H17N3O2/c1-3-14-6-4-5-9(14)11-12-10(13-16-11)7-8(2)15/h9H,3-7H2,1-2H3. The summed E-state index contributed by atoms with van der Waals surface area (Å²) in [6.45, 7) is 5.75. The second-order valence-electron chi connectivity index (χ2n) is 4.21. The Kier molecular flexibility index (Phi) is 3.33. The van der Waals surface area contributed by atoms with Crippen LogP contribution in [0.25, 0.3) is 0 Å². The number of rotatable bonds is 4. The van der Waals surface area contributed by atoms with E-state index in [1.807, 2.05) is 0 Å². The van der Waals surface area contributed by atoms with Crippen LogP contribution in [0, 0.1) is 0 Å². The van der Waals surface area contributed by atoms with E-state index >= 15 is 0 Å². The molecule has 2 rings (SSSR count). The van der Waals surface area contributed by atoms with E-state index in [0.29, 0.717) is 11.7 Å². The first-order chi connectivity index (χ1) is 7.70. The fraction of sp³-hybridized carbons (Fsp3) is 0.727. The average molecular weight is 223 g/mol. The summed E-state index contributed by atoms with van der Waals surface area (Å²) in [7, 11) is 0. The van der Waals surface area contributed by atoms with Gasteiger partial charge in [-0.25, -0.2) is 0 Å². The van der Waals surface area contributed by atoms with Gasteiger partial charge in [0.15, 0.2) is 5.82 Å². The molecule has 1 aromatic rings. The van der Waals surface area contributed by atoms with Gasteiger partial charge in [0.2, 0.25) is 5.89 Å². The number of carbonyl (C=O) groups excluding carboxylic acids is 1. The minimum absolute atomic E-state index is 0.0612. The number of carbonyl (C=O) groups is 1. The molecule has 0 aliphatic carbocycles. The van der Waals surface area contributed by atoms with Gasteiger partial charge >= 0.3 is 0 Å². The largest absolute Gasteiger partial charge is 0.338 e. The summed E-state index contributed by atoms with van der Waals surface area (Å²) in [6.07, 6.45) is 2.50. The Labute approximate surface area is 94.8 Å². The van der Waals surface area contributed by atoms with Gasteiger partial charge in [-0.15, -0.1) is 0 Å². The topological polar surface area (TPSA) is 59.2 Å². The van der Waals surface area contributed by atoms with Crippen LogP contribution in [0.15, 0.2) is 4.52 Å². The molecule has 0 N–H and O–H groups in total. The fourth-order valence-electron chi connectivity index (χ4n) is 2.18. The van der Waals surface area contributed by atoms with Crippen LogP contribution in [0.5, 0.6) is 0 Å². The average Bonchev–Trinajstić information content (AvgIpc) is 2.83. The van der Waals surface area contributed by atoms with E-state index in [0.717, 1.165) is 19.5 Å². The maximum absolute atomic E-state index is 10.9. The number of nitrogens with zero attached hydrogens (tertiary/aromatic N) is 3. The van der Waals surface area contributed by atoms with Crippen LogP contribution in [0.2, 0.25) is 0 Å². The summed E-state index contributed by atoms with van der Waals surface area (Å²) in [5.74, 6) is 1.23. The molecule has 1 aromatic heterocycles. The molecule has 1 aliphatic rings. The van der Waals surface area contributed by atoms with E-state index in [1.54, 1.807) is 0 Å². The van der Waals surface area contributed by atoms with Crippen molar-refractivity contribution in [1.82, 2.24) is 15.0 Å². The molecule has 0 amide bonds. The molecule has 5 nitrogen and oxygen atoms in total. The summed E-state index contributed by atoms with van der Waals surface area (Å²) in [5, 5.41) is 3.84. The normalized spacial score (nSPS) is 21.5. The van der Waals surface area contributed by atoms with Crippen LogP contribution in [0.4, 0.5) is 0 Å². The SMILES string of the molecule is CCN1CCCC1c1nc(CC(C)=O)no1. The van der Waals surface area contributed by atoms with Gasteiger partial charge in [0.05, 0.1) is 12.5 Å². The van der Waals surface area contributed by atoms with Crippen LogP contribution in [0.1, 0.15) is 44.4 Å². The molecular formula is C11H17N3O2. The molecule has 1 saturated heterocycles. The highest BCUT2D eigenvalue weighted by Crippen LogP contribution is 2.30.